The number of hydrogen-bond acceptors (Lipinski definition) is 23. The molecule has 72 heavy (non-hydrogen) atoms. The first-order chi connectivity index (χ1) is 34.9. The number of ether oxygens (including phenoxy) is 5. The van der Waals surface area contributed by atoms with E-state index in [-0.39, 0.29) is 155 Å². The Morgan fingerprint density at radius 2 is 1.56 bits per heavy atom. The molecule has 1 heterocycles. The number of carboxylic acids is 2. The van der Waals surface area contributed by atoms with Gasteiger partial charge in [-0.1, -0.05) is 22.3 Å². The fourth-order valence-corrected chi connectivity index (χ4v) is 7.45. The molecule has 8 N–H and O–H groups in total. The van der Waals surface area contributed by atoms with Crippen LogP contribution in [0.3, 0.4) is 0 Å². The number of benzene rings is 4. The highest BCUT2D eigenvalue weighted by molar-refractivity contribution is 7.95. The van der Waals surface area contributed by atoms with E-state index in [2.05, 4.69) is 44.7 Å². The molecule has 0 aromatic heterocycles. The minimum atomic E-state index is -1.59. The molecule has 2 aliphatic rings. The Morgan fingerprint density at radius 1 is 0.833 bits per heavy atom. The predicted octanol–water partition coefficient (Wildman–Crippen LogP) is 2.12. The topological polar surface area (TPSA) is 403 Å². The van der Waals surface area contributed by atoms with Crippen LogP contribution in [0.2, 0.25) is 0 Å². The third kappa shape index (κ3) is 16.5. The maximum absolute atomic E-state index is 13.4. The summed E-state index contributed by atoms with van der Waals surface area (Å²) >= 11 is 0.806. The van der Waals surface area contributed by atoms with E-state index in [1.165, 1.54) is 48.5 Å². The Hall–Kier alpha value is -7.09. The van der Waals surface area contributed by atoms with Crippen LogP contribution in [0.15, 0.2) is 86.1 Å². The Balaban J connectivity index is 1.05. The van der Waals surface area contributed by atoms with Gasteiger partial charge < -0.3 is 70.1 Å². The lowest BCUT2D eigenvalue weighted by Gasteiger charge is -2.21. The van der Waals surface area contributed by atoms with E-state index in [1.807, 2.05) is 0 Å². The molecule has 0 bridgehead atoms. The zero-order valence-corrected chi connectivity index (χ0v) is 39.1. The molecule has 3 aromatic carbocycles. The van der Waals surface area contributed by atoms with Crippen molar-refractivity contribution in [3.05, 3.63) is 99.2 Å². The van der Waals surface area contributed by atoms with Crippen LogP contribution in [0, 0.1) is 5.41 Å². The molecule has 29 heteroatoms. The maximum atomic E-state index is 13.4. The van der Waals surface area contributed by atoms with Crippen LogP contribution in [0.4, 0.5) is 5.69 Å². The smallest absolute Gasteiger partial charge is 0.329 e. The highest BCUT2D eigenvalue weighted by atomic mass is 32.2. The molecule has 1 aliphatic carbocycles. The number of nitrogens with zero attached hydrogens (tertiary/aromatic N) is 3. The van der Waals surface area contributed by atoms with Crippen LogP contribution in [0.5, 0.6) is 5.75 Å². The van der Waals surface area contributed by atoms with Gasteiger partial charge in [0, 0.05) is 64.2 Å². The van der Waals surface area contributed by atoms with Gasteiger partial charge in [-0.3, -0.25) is 24.8 Å². The van der Waals surface area contributed by atoms with Crippen LogP contribution >= 0.6 is 24.1 Å². The summed E-state index contributed by atoms with van der Waals surface area (Å²) in [4.78, 5) is 64.1. The summed E-state index contributed by atoms with van der Waals surface area (Å²) in [6.07, 6.45) is -1.01. The highest BCUT2D eigenvalue weighted by Crippen LogP contribution is 2.47. The maximum Gasteiger partial charge on any atom is 0.329 e. The van der Waals surface area contributed by atoms with E-state index >= 15 is 0 Å². The lowest BCUT2D eigenvalue weighted by molar-refractivity contribution is -0.777. The van der Waals surface area contributed by atoms with E-state index < -0.39 is 36.6 Å². The normalized spacial score (nSPS) is 11.5. The number of rotatable bonds is 32. The first-order valence-corrected chi connectivity index (χ1v) is 22.5. The number of carbonyl (C=O) groups excluding carboxylic acids is 4. The molecular formula is C43H44N8O19S2-2. The Bertz CT molecular complexity index is 2760. The summed E-state index contributed by atoms with van der Waals surface area (Å²) in [5.74, 6) is -3.88. The van der Waals surface area contributed by atoms with Crippen molar-refractivity contribution in [2.45, 2.75) is 22.4 Å². The molecule has 0 radical (unpaired) electrons. The number of azide groups is 1. The number of nitrogen functional groups attached to an aromatic ring is 1. The predicted molar refractivity (Wildman–Crippen MR) is 245 cm³/mol. The van der Waals surface area contributed by atoms with E-state index in [1.54, 1.807) is 18.2 Å². The van der Waals surface area contributed by atoms with Crippen molar-refractivity contribution in [1.29, 1.82) is 5.41 Å². The molecule has 1 atom stereocenters. The Labute approximate surface area is 415 Å². The van der Waals surface area contributed by atoms with Gasteiger partial charge in [-0.15, -0.1) is 4.33 Å². The monoisotopic (exact) mass is 1040 g/mol. The molecular weight excluding hydrogens is 997 g/mol. The molecule has 0 spiro atoms. The molecule has 1 unspecified atom stereocenters. The summed E-state index contributed by atoms with van der Waals surface area (Å²) in [6.45, 7) is -0.122. The average Bonchev–Trinajstić information content (AvgIpc) is 3.37. The summed E-state index contributed by atoms with van der Waals surface area (Å²) in [5, 5.41) is 68.0. The van der Waals surface area contributed by atoms with Gasteiger partial charge in [0.1, 0.15) is 28.8 Å². The number of nitrogens with two attached hydrogens (primary N) is 1. The standard InChI is InChI=1S/C43H46N8O19S2/c44-31-8-6-28-36(29-7-9-32(45)40(72-70-68-60)38(29)66-37(28)39(31)71-69-67-59)30-21-25(4-5-27(30)43(57)58)42(56)49-13-15-62-17-16-61-14-10-33(52)47-11-12-48-41(55)24-2-1-3-26(20-24)65-22-34(50-51-46)64-19-18-63-23-35(53)54/h1-9,20-21,34,44,59-60H,10-19,22-23,45H2,(H,47,52)(H,48,55)(H,49,56)(H,53,54)(H,57,58)/p-2. The second-order valence-electron chi connectivity index (χ2n) is 14.3. The second kappa shape index (κ2) is 29.3. The number of fused-ring (bicyclic) bond motifs is 2. The third-order valence-electron chi connectivity index (χ3n) is 9.60. The van der Waals surface area contributed by atoms with Crippen LogP contribution < -0.4 is 42.1 Å². The van der Waals surface area contributed by atoms with Gasteiger partial charge in [-0.05, 0) is 65.7 Å². The van der Waals surface area contributed by atoms with Gasteiger partial charge in [-0.2, -0.15) is 4.33 Å². The SMILES string of the molecule is [N-]=[N+]=NC(COc1cccc(C(=O)NCCNC(=O)CCOCCOCCNC(=O)c2ccc(C(=O)[O-])c(-c3c4ccc(=N)c(SOO[O-])c-4oc4c(SOOO)c(N)ccc34)c2)c1)OCCOCC(=O)O. The average molecular weight is 1040 g/mol. The number of aliphatic carboxylic acids is 1. The molecule has 1 aliphatic heterocycles. The zero-order valence-electron chi connectivity index (χ0n) is 37.5. The van der Waals surface area contributed by atoms with Crippen molar-refractivity contribution in [2.24, 2.45) is 5.11 Å². The summed E-state index contributed by atoms with van der Waals surface area (Å²) in [6, 6.07) is 15.7. The third-order valence-corrected chi connectivity index (χ3v) is 11.0. The fraction of sp³-hybridized carbons (Fsp3) is 0.302. The summed E-state index contributed by atoms with van der Waals surface area (Å²) < 4.78 is 42.1. The lowest BCUT2D eigenvalue weighted by Crippen LogP contribution is -2.35. The van der Waals surface area contributed by atoms with Gasteiger partial charge in [-0.25, -0.2) is 10.1 Å². The molecule has 27 nitrogen and oxygen atoms in total. The quantitative estimate of drug-likeness (QED) is 0.00373. The van der Waals surface area contributed by atoms with Crippen LogP contribution in [0.25, 0.3) is 43.9 Å². The van der Waals surface area contributed by atoms with Gasteiger partial charge in [0.05, 0.1) is 80.7 Å². The first-order valence-electron chi connectivity index (χ1n) is 21.0. The molecule has 3 amide bonds. The van der Waals surface area contributed by atoms with Crippen LogP contribution in [-0.4, -0.2) is 119 Å². The largest absolute Gasteiger partial charge is 0.691 e. The molecule has 3 aromatic rings. The summed E-state index contributed by atoms with van der Waals surface area (Å²) in [5.41, 5.74) is 15.4. The number of nitrogens with one attached hydrogen (secondary N) is 4. The molecule has 5 rings (SSSR count). The highest BCUT2D eigenvalue weighted by Gasteiger charge is 2.27. The number of anilines is 1. The van der Waals surface area contributed by atoms with E-state index in [0.29, 0.717) is 24.1 Å². The van der Waals surface area contributed by atoms with E-state index in [4.69, 9.17) is 55.1 Å². The van der Waals surface area contributed by atoms with Crippen molar-refractivity contribution in [2.75, 3.05) is 78.2 Å². The molecule has 0 saturated heterocycles. The van der Waals surface area contributed by atoms with Crippen molar-refractivity contribution in [3.8, 4) is 28.2 Å². The van der Waals surface area contributed by atoms with Crippen molar-refractivity contribution in [1.82, 2.24) is 16.0 Å². The van der Waals surface area contributed by atoms with Gasteiger partial charge >= 0.3 is 5.97 Å². The van der Waals surface area contributed by atoms with Gasteiger partial charge in [0.15, 0.2) is 17.6 Å². The Kier molecular flexibility index (Phi) is 22.7. The van der Waals surface area contributed by atoms with Crippen LogP contribution in [-0.2, 0) is 47.3 Å². The van der Waals surface area contributed by atoms with Crippen LogP contribution in [0.1, 0.15) is 37.5 Å². The molecule has 0 fully saturated rings. The zero-order chi connectivity index (χ0) is 51.8. The first kappa shape index (κ1) is 55.8. The number of carboxylic acid groups (broad SMARTS) is 2. The van der Waals surface area contributed by atoms with Gasteiger partial charge in [0.2, 0.25) is 5.91 Å². The Morgan fingerprint density at radius 3 is 2.29 bits per heavy atom. The minimum absolute atomic E-state index is 0.00640. The second-order valence-corrected chi connectivity index (χ2v) is 15.7. The fourth-order valence-electron chi connectivity index (χ4n) is 6.47. The minimum Gasteiger partial charge on any atom is -0.691 e. The molecule has 0 saturated carbocycles. The van der Waals surface area contributed by atoms with E-state index in [9.17, 15) is 34.3 Å². The van der Waals surface area contributed by atoms with Gasteiger partial charge in [0.25, 0.3) is 11.8 Å². The number of carbonyl (C=O) groups is 5. The number of aromatic carboxylic acids is 1. The molecule has 384 valence electrons. The van der Waals surface area contributed by atoms with E-state index in [0.717, 1.165) is 0 Å². The number of amides is 3. The lowest BCUT2D eigenvalue weighted by atomic mass is 9.89. The van der Waals surface area contributed by atoms with Crippen molar-refractivity contribution in [3.63, 3.8) is 0 Å². The summed E-state index contributed by atoms with van der Waals surface area (Å²) in [7, 11) is 0. The van der Waals surface area contributed by atoms with Crippen molar-refractivity contribution >= 4 is 70.4 Å². The number of hydrogen-bond donors (Lipinski definition) is 7. The van der Waals surface area contributed by atoms with Crippen molar-refractivity contribution < 1.29 is 91.5 Å².